The Hall–Kier alpha value is -4.60. The highest BCUT2D eigenvalue weighted by atomic mass is 19.4. The van der Waals surface area contributed by atoms with Crippen LogP contribution in [0.15, 0.2) is 78.9 Å². The van der Waals surface area contributed by atoms with Gasteiger partial charge in [0, 0.05) is 23.1 Å². The zero-order chi connectivity index (χ0) is 25.7. The molecular weight excluding hydrogens is 469 g/mol. The van der Waals surface area contributed by atoms with Gasteiger partial charge >= 0.3 is 12.2 Å². The average molecular weight is 493 g/mol. The molecular formula is C26H23F3N6O. The first-order valence-electron chi connectivity index (χ1n) is 11.0. The number of rotatable bonds is 6. The lowest BCUT2D eigenvalue weighted by Crippen LogP contribution is -2.21. The minimum absolute atomic E-state index is 0.324. The first-order chi connectivity index (χ1) is 17.2. The average Bonchev–Trinajstić information content (AvgIpc) is 2.81. The molecule has 10 heteroatoms. The highest BCUT2D eigenvalue weighted by molar-refractivity contribution is 6.00. The fourth-order valence-corrected chi connectivity index (χ4v) is 3.39. The minimum atomic E-state index is -4.58. The van der Waals surface area contributed by atoms with E-state index in [0.29, 0.717) is 28.8 Å². The molecule has 0 fully saturated rings. The van der Waals surface area contributed by atoms with Crippen molar-refractivity contribution in [1.29, 1.82) is 0 Å². The van der Waals surface area contributed by atoms with Crippen molar-refractivity contribution in [2.24, 2.45) is 0 Å². The van der Waals surface area contributed by atoms with Crippen molar-refractivity contribution in [3.05, 3.63) is 95.8 Å². The number of hydrogen-bond acceptors (Lipinski definition) is 5. The normalized spacial score (nSPS) is 11.0. The van der Waals surface area contributed by atoms with Gasteiger partial charge in [-0.05, 0) is 62.4 Å². The summed E-state index contributed by atoms with van der Waals surface area (Å²) >= 11 is 0. The van der Waals surface area contributed by atoms with E-state index in [1.807, 2.05) is 31.2 Å². The van der Waals surface area contributed by atoms with Crippen LogP contribution in [0.1, 0.15) is 17.0 Å². The number of nitrogens with one attached hydrogen (secondary N) is 4. The minimum Gasteiger partial charge on any atom is -0.340 e. The smallest absolute Gasteiger partial charge is 0.340 e. The molecule has 0 aliphatic heterocycles. The van der Waals surface area contributed by atoms with Crippen LogP contribution in [0, 0.1) is 13.8 Å². The summed E-state index contributed by atoms with van der Waals surface area (Å²) in [5.41, 5.74) is 1.91. The van der Waals surface area contributed by atoms with E-state index >= 15 is 0 Å². The van der Waals surface area contributed by atoms with Gasteiger partial charge in [0.05, 0.1) is 11.3 Å². The van der Waals surface area contributed by atoms with Gasteiger partial charge in [-0.25, -0.2) is 14.8 Å². The van der Waals surface area contributed by atoms with E-state index in [1.165, 1.54) is 18.2 Å². The Labute approximate surface area is 205 Å². The van der Waals surface area contributed by atoms with Crippen molar-refractivity contribution in [2.75, 3.05) is 21.3 Å². The van der Waals surface area contributed by atoms with E-state index in [1.54, 1.807) is 37.3 Å². The maximum Gasteiger partial charge on any atom is 0.418 e. The fraction of sp³-hybridized carbons (Fsp3) is 0.115. The topological polar surface area (TPSA) is 91.0 Å². The summed E-state index contributed by atoms with van der Waals surface area (Å²) in [5, 5.41) is 11.2. The molecule has 0 saturated heterocycles. The summed E-state index contributed by atoms with van der Waals surface area (Å²) < 4.78 is 39.4. The molecule has 0 aliphatic rings. The van der Waals surface area contributed by atoms with Crippen LogP contribution in [0.3, 0.4) is 0 Å². The molecule has 36 heavy (non-hydrogen) atoms. The number of anilines is 6. The van der Waals surface area contributed by atoms with Gasteiger partial charge in [-0.15, -0.1) is 0 Å². The molecule has 0 radical (unpaired) electrons. The molecule has 1 heterocycles. The third-order valence-corrected chi connectivity index (χ3v) is 5.06. The van der Waals surface area contributed by atoms with E-state index in [0.717, 1.165) is 17.3 Å². The van der Waals surface area contributed by atoms with Crippen LogP contribution >= 0.6 is 0 Å². The Balaban J connectivity index is 1.39. The third-order valence-electron chi connectivity index (χ3n) is 5.06. The van der Waals surface area contributed by atoms with Gasteiger partial charge in [-0.2, -0.15) is 13.2 Å². The van der Waals surface area contributed by atoms with Crippen molar-refractivity contribution in [1.82, 2.24) is 9.97 Å². The summed E-state index contributed by atoms with van der Waals surface area (Å²) in [6, 6.07) is 20.4. The zero-order valence-electron chi connectivity index (χ0n) is 19.4. The molecule has 0 aliphatic carbocycles. The molecule has 4 rings (SSSR count). The van der Waals surface area contributed by atoms with E-state index in [4.69, 9.17) is 0 Å². The van der Waals surface area contributed by atoms with Crippen LogP contribution in [0.2, 0.25) is 0 Å². The van der Waals surface area contributed by atoms with Crippen molar-refractivity contribution < 1.29 is 18.0 Å². The summed E-state index contributed by atoms with van der Waals surface area (Å²) in [6.07, 6.45) is -4.58. The number of carbonyl (C=O) groups excluding carboxylic acids is 1. The fourth-order valence-electron chi connectivity index (χ4n) is 3.39. The quantitative estimate of drug-likeness (QED) is 0.228. The highest BCUT2D eigenvalue weighted by Crippen LogP contribution is 2.34. The van der Waals surface area contributed by atoms with Gasteiger partial charge in [0.25, 0.3) is 0 Å². The van der Waals surface area contributed by atoms with Crippen LogP contribution in [-0.4, -0.2) is 16.0 Å². The van der Waals surface area contributed by atoms with Crippen molar-refractivity contribution in [3.63, 3.8) is 0 Å². The number of aromatic nitrogens is 2. The predicted octanol–water partition coefficient (Wildman–Crippen LogP) is 7.24. The molecule has 0 atom stereocenters. The maximum atomic E-state index is 13.1. The van der Waals surface area contributed by atoms with Crippen LogP contribution in [0.4, 0.5) is 52.4 Å². The second-order valence-electron chi connectivity index (χ2n) is 8.00. The van der Waals surface area contributed by atoms with Crippen molar-refractivity contribution >= 4 is 40.4 Å². The molecule has 1 aromatic heterocycles. The number of nitrogens with zero attached hydrogens (tertiary/aromatic N) is 2. The second kappa shape index (κ2) is 10.3. The molecule has 0 unspecified atom stereocenters. The molecule has 0 spiro atoms. The van der Waals surface area contributed by atoms with Gasteiger partial charge in [0.1, 0.15) is 17.5 Å². The van der Waals surface area contributed by atoms with Crippen LogP contribution in [0.5, 0.6) is 0 Å². The summed E-state index contributed by atoms with van der Waals surface area (Å²) in [5.74, 6) is 1.77. The Morgan fingerprint density at radius 1 is 0.722 bits per heavy atom. The number of alkyl halides is 3. The van der Waals surface area contributed by atoms with Gasteiger partial charge in [0.15, 0.2) is 0 Å². The summed E-state index contributed by atoms with van der Waals surface area (Å²) in [7, 11) is 0. The molecule has 7 nitrogen and oxygen atoms in total. The molecule has 0 bridgehead atoms. The van der Waals surface area contributed by atoms with Gasteiger partial charge < -0.3 is 21.3 Å². The van der Waals surface area contributed by atoms with Crippen LogP contribution < -0.4 is 21.3 Å². The van der Waals surface area contributed by atoms with E-state index in [2.05, 4.69) is 31.2 Å². The number of hydrogen-bond donors (Lipinski definition) is 4. The highest BCUT2D eigenvalue weighted by Gasteiger charge is 2.33. The van der Waals surface area contributed by atoms with E-state index < -0.39 is 17.8 Å². The Kier molecular flexibility index (Phi) is 7.05. The van der Waals surface area contributed by atoms with Gasteiger partial charge in [0.2, 0.25) is 0 Å². The lowest BCUT2D eigenvalue weighted by Gasteiger charge is -2.14. The Bertz CT molecular complexity index is 1360. The predicted molar refractivity (Wildman–Crippen MR) is 135 cm³/mol. The molecule has 2 amide bonds. The monoisotopic (exact) mass is 492 g/mol. The van der Waals surface area contributed by atoms with Crippen LogP contribution in [0.25, 0.3) is 0 Å². The lowest BCUT2D eigenvalue weighted by atomic mass is 10.1. The van der Waals surface area contributed by atoms with Crippen molar-refractivity contribution in [2.45, 2.75) is 20.0 Å². The van der Waals surface area contributed by atoms with E-state index in [9.17, 15) is 18.0 Å². The SMILES string of the molecule is Cc1ccc(Nc2cc(Nc3ccc(NC(=O)Nc4ccccc4C(F)(F)F)cc3)nc(C)n2)cc1. The number of para-hydroxylation sites is 1. The maximum absolute atomic E-state index is 13.1. The molecule has 4 N–H and O–H groups in total. The molecule has 4 aromatic rings. The first kappa shape index (κ1) is 24.5. The molecule has 0 saturated carbocycles. The van der Waals surface area contributed by atoms with Gasteiger partial charge in [-0.1, -0.05) is 29.8 Å². The number of aryl methyl sites for hydroxylation is 2. The summed E-state index contributed by atoms with van der Waals surface area (Å²) in [6.45, 7) is 3.80. The number of urea groups is 1. The molecule has 184 valence electrons. The number of halogens is 3. The lowest BCUT2D eigenvalue weighted by molar-refractivity contribution is -0.136. The zero-order valence-corrected chi connectivity index (χ0v) is 19.4. The largest absolute Gasteiger partial charge is 0.418 e. The number of benzene rings is 3. The Morgan fingerprint density at radius 2 is 1.25 bits per heavy atom. The number of carbonyl (C=O) groups is 1. The molecule has 3 aromatic carbocycles. The second-order valence-corrected chi connectivity index (χ2v) is 8.00. The van der Waals surface area contributed by atoms with Gasteiger partial charge in [-0.3, -0.25) is 0 Å². The summed E-state index contributed by atoms with van der Waals surface area (Å²) in [4.78, 5) is 21.1. The Morgan fingerprint density at radius 3 is 1.83 bits per heavy atom. The van der Waals surface area contributed by atoms with Crippen LogP contribution in [-0.2, 0) is 6.18 Å². The number of amides is 2. The van der Waals surface area contributed by atoms with E-state index in [-0.39, 0.29) is 5.69 Å². The van der Waals surface area contributed by atoms with Crippen molar-refractivity contribution in [3.8, 4) is 0 Å². The third kappa shape index (κ3) is 6.50. The first-order valence-corrected chi connectivity index (χ1v) is 11.0. The standard InChI is InChI=1S/C26H23F3N6O/c1-16-7-9-18(10-8-16)32-23-15-24(31-17(2)30-23)33-19-11-13-20(14-12-19)34-25(36)35-22-6-4-3-5-21(22)26(27,28)29/h3-15H,1-2H3,(H2,34,35,36)(H2,30,31,32,33).